The van der Waals surface area contributed by atoms with Crippen LogP contribution in [0.2, 0.25) is 0 Å². The van der Waals surface area contributed by atoms with Crippen molar-refractivity contribution in [1.29, 1.82) is 0 Å². The van der Waals surface area contributed by atoms with Crippen molar-refractivity contribution in [3.8, 4) is 0 Å². The van der Waals surface area contributed by atoms with E-state index in [1.807, 2.05) is 13.8 Å². The molecule has 0 fully saturated rings. The van der Waals surface area contributed by atoms with E-state index in [1.165, 1.54) is 0 Å². The molecule has 0 N–H and O–H groups in total. The first kappa shape index (κ1) is 23.2. The lowest BCUT2D eigenvalue weighted by Crippen LogP contribution is -2.31. The maximum absolute atomic E-state index is 12.0. The summed E-state index contributed by atoms with van der Waals surface area (Å²) < 4.78 is 10.5. The summed E-state index contributed by atoms with van der Waals surface area (Å²) >= 11 is 13.5. The lowest BCUT2D eigenvalue weighted by Gasteiger charge is -2.19. The van der Waals surface area contributed by atoms with Gasteiger partial charge >= 0.3 is 11.9 Å². The topological polar surface area (TPSA) is 52.6 Å². The average Bonchev–Trinajstić information content (AvgIpc) is 2.47. The molecule has 0 bridgehead atoms. The van der Waals surface area contributed by atoms with E-state index in [1.54, 1.807) is 25.1 Å². The number of esters is 2. The van der Waals surface area contributed by atoms with Gasteiger partial charge in [-0.1, -0.05) is 37.0 Å². The third-order valence-corrected chi connectivity index (χ3v) is 8.03. The summed E-state index contributed by atoms with van der Waals surface area (Å²) in [5.41, 5.74) is 0. The largest absolute Gasteiger partial charge is 0.457 e. The molecule has 0 aromatic rings. The highest BCUT2D eigenvalue weighted by Crippen LogP contribution is 2.29. The molecule has 0 aliphatic carbocycles. The Labute approximate surface area is 154 Å². The molecule has 9 heteroatoms. The van der Waals surface area contributed by atoms with Crippen LogP contribution in [0.4, 0.5) is 0 Å². The van der Waals surface area contributed by atoms with Gasteiger partial charge in [-0.2, -0.15) is 11.8 Å². The molecule has 0 spiro atoms. The second-order valence-corrected chi connectivity index (χ2v) is 12.4. The predicted molar refractivity (Wildman–Crippen MR) is 108 cm³/mol. The number of carbonyl (C=O) groups excluding carboxylic acids is 2. The number of carbonyl (C=O) groups is 2. The van der Waals surface area contributed by atoms with Crippen LogP contribution in [0.5, 0.6) is 0 Å². The number of hydrogen-bond donors (Lipinski definition) is 0. The number of alkyl halides is 2. The van der Waals surface area contributed by atoms with E-state index in [4.69, 9.17) is 32.7 Å². The second kappa shape index (κ2) is 11.7. The minimum atomic E-state index is -0.894. The van der Waals surface area contributed by atoms with Crippen molar-refractivity contribution in [2.24, 2.45) is 0 Å². The molecule has 0 aliphatic heterocycles. The van der Waals surface area contributed by atoms with E-state index in [9.17, 15) is 9.59 Å². The number of halogens is 2. The fourth-order valence-electron chi connectivity index (χ4n) is 1.24. The van der Waals surface area contributed by atoms with Gasteiger partial charge in [0.05, 0.1) is 25.9 Å². The summed E-state index contributed by atoms with van der Waals surface area (Å²) in [5, 5.41) is -1.17. The van der Waals surface area contributed by atoms with Crippen LogP contribution in [0, 0.1) is 0 Å². The van der Waals surface area contributed by atoms with Crippen molar-refractivity contribution in [2.45, 2.75) is 35.4 Å². The van der Waals surface area contributed by atoms with E-state index in [0.29, 0.717) is 11.0 Å². The molecule has 0 aromatic carbocycles. The third-order valence-electron chi connectivity index (χ3n) is 2.47. The SMILES string of the molecule is C=[P+](C)C(Cl)C(=O)OCC(CSC(C)C)OC(=O)C(Cl)[P+](=C)C. The first-order chi connectivity index (χ1) is 10.6. The maximum atomic E-state index is 12.0. The quantitative estimate of drug-likeness (QED) is 0.305. The van der Waals surface area contributed by atoms with E-state index >= 15 is 0 Å². The summed E-state index contributed by atoms with van der Waals surface area (Å²) in [6, 6.07) is 0. The minimum absolute atomic E-state index is 0.0426. The normalized spacial score (nSPS) is 16.3. The van der Waals surface area contributed by atoms with E-state index in [0.717, 1.165) is 0 Å². The Kier molecular flexibility index (Phi) is 11.8. The average molecular weight is 421 g/mol. The van der Waals surface area contributed by atoms with Crippen LogP contribution in [0.3, 0.4) is 0 Å². The molecular formula is C14H24Cl2O4P2S+2. The van der Waals surface area contributed by atoms with Gasteiger partial charge in [-0.05, 0) is 5.25 Å². The van der Waals surface area contributed by atoms with Crippen LogP contribution in [-0.2, 0) is 19.1 Å². The van der Waals surface area contributed by atoms with Crippen molar-refractivity contribution in [3.63, 3.8) is 0 Å². The highest BCUT2D eigenvalue weighted by Gasteiger charge is 2.31. The lowest BCUT2D eigenvalue weighted by atomic mass is 10.4. The highest BCUT2D eigenvalue weighted by molar-refractivity contribution is 7.99. The summed E-state index contributed by atoms with van der Waals surface area (Å²) in [6.45, 7) is 7.60. The van der Waals surface area contributed by atoms with Crippen LogP contribution < -0.4 is 0 Å². The van der Waals surface area contributed by atoms with E-state index < -0.39 is 43.4 Å². The van der Waals surface area contributed by atoms with Gasteiger partial charge in [0, 0.05) is 5.75 Å². The number of ether oxygens (including phenoxy) is 2. The molecule has 0 aliphatic rings. The van der Waals surface area contributed by atoms with Crippen LogP contribution in [0.15, 0.2) is 0 Å². The summed E-state index contributed by atoms with van der Waals surface area (Å²) in [6.07, 6.45) is 6.97. The van der Waals surface area contributed by atoms with E-state index in [-0.39, 0.29) is 6.61 Å². The molecule has 23 heavy (non-hydrogen) atoms. The van der Waals surface area contributed by atoms with Gasteiger partial charge in [0.1, 0.15) is 27.8 Å². The molecule has 0 saturated heterocycles. The summed E-state index contributed by atoms with van der Waals surface area (Å²) in [7, 11) is -1.78. The molecule has 0 heterocycles. The first-order valence-corrected chi connectivity index (χ1v) is 12.9. The second-order valence-electron chi connectivity index (χ2n) is 5.26. The van der Waals surface area contributed by atoms with Gasteiger partial charge in [-0.15, -0.1) is 0 Å². The minimum Gasteiger partial charge on any atom is -0.457 e. The zero-order valence-electron chi connectivity index (χ0n) is 13.8. The van der Waals surface area contributed by atoms with Crippen LogP contribution in [-0.4, -0.2) is 71.8 Å². The number of rotatable bonds is 10. The Morgan fingerprint density at radius 1 is 1.09 bits per heavy atom. The summed E-state index contributed by atoms with van der Waals surface area (Å²) in [5.74, 6) is -0.557. The van der Waals surface area contributed by atoms with Crippen molar-refractivity contribution >= 4 is 74.6 Å². The van der Waals surface area contributed by atoms with E-state index in [2.05, 4.69) is 12.6 Å². The smallest absolute Gasteiger partial charge is 0.370 e. The molecule has 0 aromatic heterocycles. The first-order valence-electron chi connectivity index (χ1n) is 6.89. The molecule has 5 unspecified atom stereocenters. The monoisotopic (exact) mass is 420 g/mol. The molecule has 0 radical (unpaired) electrons. The van der Waals surface area contributed by atoms with Crippen molar-refractivity contribution < 1.29 is 19.1 Å². The van der Waals surface area contributed by atoms with Gasteiger partial charge in [0.25, 0.3) is 10.2 Å². The summed E-state index contributed by atoms with van der Waals surface area (Å²) in [4.78, 5) is 23.8. The lowest BCUT2D eigenvalue weighted by molar-refractivity contribution is -0.155. The Bertz CT molecular complexity index is 460. The van der Waals surface area contributed by atoms with Gasteiger partial charge in [-0.3, -0.25) is 0 Å². The highest BCUT2D eigenvalue weighted by atomic mass is 35.5. The van der Waals surface area contributed by atoms with Crippen LogP contribution >= 0.6 is 50.1 Å². The number of thioether (sulfide) groups is 1. The van der Waals surface area contributed by atoms with Crippen molar-refractivity contribution in [3.05, 3.63) is 0 Å². The molecule has 4 nitrogen and oxygen atoms in total. The standard InChI is InChI=1S/C14H24Cl2O4P2S/c1-9(2)23-8-10(20-14(18)12(16)22(5)6)7-19-13(17)11(15)21(3)4/h9-12H,3,5,7-8H2,1-2,4,6H3/q+2. The van der Waals surface area contributed by atoms with Crippen LogP contribution in [0.25, 0.3) is 0 Å². The van der Waals surface area contributed by atoms with Gasteiger partial charge < -0.3 is 9.47 Å². The van der Waals surface area contributed by atoms with Crippen molar-refractivity contribution in [2.75, 3.05) is 25.7 Å². The Morgan fingerprint density at radius 3 is 2.00 bits per heavy atom. The zero-order chi connectivity index (χ0) is 18.2. The van der Waals surface area contributed by atoms with Gasteiger partial charge in [0.2, 0.25) is 0 Å². The molecule has 0 saturated carbocycles. The molecular weight excluding hydrogens is 397 g/mol. The van der Waals surface area contributed by atoms with Gasteiger partial charge in [-0.25, -0.2) is 9.59 Å². The maximum Gasteiger partial charge on any atom is 0.370 e. The Hall–Kier alpha value is 0.210. The fourth-order valence-corrected chi connectivity index (χ4v) is 2.97. The Morgan fingerprint density at radius 2 is 1.57 bits per heavy atom. The van der Waals surface area contributed by atoms with Crippen LogP contribution in [0.1, 0.15) is 13.8 Å². The predicted octanol–water partition coefficient (Wildman–Crippen LogP) is 3.80. The molecule has 132 valence electrons. The molecule has 0 rings (SSSR count). The zero-order valence-corrected chi connectivity index (χ0v) is 17.9. The fraction of sp³-hybridized carbons (Fsp3) is 0.714. The van der Waals surface area contributed by atoms with Crippen molar-refractivity contribution in [1.82, 2.24) is 0 Å². The molecule has 5 atom stereocenters. The third kappa shape index (κ3) is 9.94. The Balaban J connectivity index is 4.68. The molecule has 0 amide bonds. The van der Waals surface area contributed by atoms with Gasteiger partial charge in [0.15, 0.2) is 0 Å². The number of hydrogen-bond acceptors (Lipinski definition) is 5.